The summed E-state index contributed by atoms with van der Waals surface area (Å²) in [6, 6.07) is 3.55. The van der Waals surface area contributed by atoms with Gasteiger partial charge in [-0.05, 0) is 43.6 Å². The van der Waals surface area contributed by atoms with Crippen molar-refractivity contribution in [2.75, 3.05) is 45.9 Å². The summed E-state index contributed by atoms with van der Waals surface area (Å²) in [5, 5.41) is 23.5. The van der Waals surface area contributed by atoms with Crippen LogP contribution >= 0.6 is 12.2 Å². The Morgan fingerprint density at radius 3 is 2.56 bits per heavy atom. The molecule has 34 heavy (non-hydrogen) atoms. The molecule has 0 saturated heterocycles. The Morgan fingerprint density at radius 2 is 1.82 bits per heavy atom. The average molecular weight is 494 g/mol. The van der Waals surface area contributed by atoms with Gasteiger partial charge >= 0.3 is 11.9 Å². The van der Waals surface area contributed by atoms with Crippen LogP contribution in [-0.4, -0.2) is 93.9 Å². The lowest BCUT2D eigenvalue weighted by Gasteiger charge is -2.25. The lowest BCUT2D eigenvalue weighted by Crippen LogP contribution is -2.43. The van der Waals surface area contributed by atoms with Gasteiger partial charge in [-0.1, -0.05) is 6.42 Å². The maximum absolute atomic E-state index is 12.3. The quantitative estimate of drug-likeness (QED) is 0.219. The highest BCUT2D eigenvalue weighted by Gasteiger charge is 2.20. The molecule has 0 saturated carbocycles. The van der Waals surface area contributed by atoms with Gasteiger partial charge in [0.15, 0.2) is 0 Å². The van der Waals surface area contributed by atoms with Crippen LogP contribution in [0.5, 0.6) is 5.75 Å². The molecule has 0 aromatic carbocycles. The van der Waals surface area contributed by atoms with Crippen molar-refractivity contribution in [3.8, 4) is 5.75 Å². The van der Waals surface area contributed by atoms with E-state index in [9.17, 15) is 24.6 Å². The Bertz CT molecular complexity index is 893. The minimum Gasteiger partial charge on any atom is -0.492 e. The number of amides is 1. The number of aliphatic carboxylic acids is 2. The number of isothiocyanates is 1. The second-order valence-electron chi connectivity index (χ2n) is 7.98. The maximum Gasteiger partial charge on any atom is 0.317 e. The number of ether oxygens (including phenoxy) is 1. The van der Waals surface area contributed by atoms with Crippen molar-refractivity contribution in [1.29, 1.82) is 0 Å². The molecule has 2 bridgehead atoms. The molecule has 0 spiro atoms. The van der Waals surface area contributed by atoms with Gasteiger partial charge in [-0.25, -0.2) is 4.99 Å². The normalized spacial score (nSPS) is 15.4. The smallest absolute Gasteiger partial charge is 0.317 e. The standard InChI is InChI=1S/C22H31N5O6S/c28-20-13-27(15-22(31)32)12-18-19(33-10-4-2-1-3-7-23-16-34)6-5-17(25-18)11-26(9-8-24-20)14-21(29)30/h5-6H,1-4,7-15H2,(H,24,28)(H,29,30)(H,31,32). The number of pyridine rings is 1. The van der Waals surface area contributed by atoms with Gasteiger partial charge < -0.3 is 20.3 Å². The molecule has 0 aliphatic carbocycles. The summed E-state index contributed by atoms with van der Waals surface area (Å²) in [6.07, 6.45) is 3.72. The van der Waals surface area contributed by atoms with Crippen LogP contribution in [0.3, 0.4) is 0 Å². The van der Waals surface area contributed by atoms with Crippen LogP contribution in [0.15, 0.2) is 17.1 Å². The summed E-state index contributed by atoms with van der Waals surface area (Å²) < 4.78 is 5.94. The third-order valence-corrected chi connectivity index (χ3v) is 5.20. The number of nitrogens with one attached hydrogen (secondary N) is 1. The zero-order valence-electron chi connectivity index (χ0n) is 19.1. The predicted octanol–water partition coefficient (Wildman–Crippen LogP) is 1.03. The molecule has 11 nitrogen and oxygen atoms in total. The zero-order valence-corrected chi connectivity index (χ0v) is 19.9. The number of carboxylic acids is 2. The lowest BCUT2D eigenvalue weighted by molar-refractivity contribution is -0.139. The Morgan fingerprint density at radius 1 is 1.09 bits per heavy atom. The Kier molecular flexibility index (Phi) is 12.1. The largest absolute Gasteiger partial charge is 0.492 e. The zero-order chi connectivity index (χ0) is 24.8. The highest BCUT2D eigenvalue weighted by Crippen LogP contribution is 2.21. The molecule has 2 rings (SSSR count). The molecular weight excluding hydrogens is 462 g/mol. The van der Waals surface area contributed by atoms with Gasteiger partial charge in [0, 0.05) is 32.7 Å². The molecule has 0 fully saturated rings. The lowest BCUT2D eigenvalue weighted by atomic mass is 10.2. The van der Waals surface area contributed by atoms with E-state index in [0.717, 1.165) is 25.7 Å². The number of nitrogens with zero attached hydrogens (tertiary/aromatic N) is 4. The predicted molar refractivity (Wildman–Crippen MR) is 127 cm³/mol. The second kappa shape index (κ2) is 15.1. The van der Waals surface area contributed by atoms with Crippen molar-refractivity contribution in [2.45, 2.75) is 38.8 Å². The van der Waals surface area contributed by atoms with E-state index in [-0.39, 0.29) is 45.2 Å². The molecule has 186 valence electrons. The van der Waals surface area contributed by atoms with Gasteiger partial charge in [0.05, 0.1) is 42.8 Å². The summed E-state index contributed by atoms with van der Waals surface area (Å²) in [7, 11) is 0. The van der Waals surface area contributed by atoms with E-state index in [1.165, 1.54) is 4.90 Å². The maximum atomic E-state index is 12.3. The van der Waals surface area contributed by atoms with E-state index in [4.69, 9.17) is 4.74 Å². The van der Waals surface area contributed by atoms with Crippen molar-refractivity contribution >= 4 is 35.2 Å². The van der Waals surface area contributed by atoms with Crippen LogP contribution in [0.4, 0.5) is 0 Å². The first-order valence-corrected chi connectivity index (χ1v) is 11.6. The first-order valence-electron chi connectivity index (χ1n) is 11.2. The summed E-state index contributed by atoms with van der Waals surface area (Å²) >= 11 is 4.54. The van der Waals surface area contributed by atoms with Crippen molar-refractivity contribution < 1.29 is 29.3 Å². The van der Waals surface area contributed by atoms with Gasteiger partial charge in [0.1, 0.15) is 5.75 Å². The van der Waals surface area contributed by atoms with Gasteiger partial charge in [-0.2, -0.15) is 0 Å². The molecule has 0 atom stereocenters. The number of aliphatic imine (C=N–C) groups is 1. The first kappa shape index (κ1) is 27.3. The summed E-state index contributed by atoms with van der Waals surface area (Å²) in [5.41, 5.74) is 1.16. The third kappa shape index (κ3) is 10.8. The number of thiocarbonyl (C=S) groups is 1. The molecular formula is C22H31N5O6S. The molecule has 1 aliphatic heterocycles. The number of aromatic nitrogens is 1. The third-order valence-electron chi connectivity index (χ3n) is 5.07. The number of carbonyl (C=O) groups excluding carboxylic acids is 1. The molecule has 3 N–H and O–H groups in total. The van der Waals surface area contributed by atoms with Crippen LogP contribution in [0.1, 0.15) is 37.1 Å². The molecule has 2 heterocycles. The van der Waals surface area contributed by atoms with Crippen molar-refractivity contribution in [1.82, 2.24) is 20.1 Å². The number of unbranched alkanes of at least 4 members (excludes halogenated alkanes) is 3. The van der Waals surface area contributed by atoms with Gasteiger partial charge in [-0.3, -0.25) is 29.2 Å². The topological polar surface area (TPSA) is 145 Å². The van der Waals surface area contributed by atoms with E-state index in [0.29, 0.717) is 36.8 Å². The fraction of sp³-hybridized carbons (Fsp3) is 0.591. The Hall–Kier alpha value is -2.92. The fourth-order valence-electron chi connectivity index (χ4n) is 3.56. The van der Waals surface area contributed by atoms with Crippen LogP contribution in [0.2, 0.25) is 0 Å². The summed E-state index contributed by atoms with van der Waals surface area (Å²) in [6.45, 7) is 1.46. The molecule has 1 aromatic rings. The first-order chi connectivity index (χ1) is 16.4. The van der Waals surface area contributed by atoms with Gasteiger partial charge in [-0.15, -0.1) is 0 Å². The highest BCUT2D eigenvalue weighted by atomic mass is 32.1. The number of fused-ring (bicyclic) bond motifs is 2. The average Bonchev–Trinajstić information content (AvgIpc) is 2.75. The van der Waals surface area contributed by atoms with Crippen LogP contribution < -0.4 is 10.1 Å². The number of hydrogen-bond acceptors (Lipinski definition) is 9. The summed E-state index contributed by atoms with van der Waals surface area (Å²) in [5.74, 6) is -1.84. The van der Waals surface area contributed by atoms with Crippen molar-refractivity contribution in [3.05, 3.63) is 23.5 Å². The molecule has 12 heteroatoms. The Labute approximate surface area is 203 Å². The monoisotopic (exact) mass is 493 g/mol. The van der Waals surface area contributed by atoms with Gasteiger partial charge in [0.2, 0.25) is 5.91 Å². The molecule has 1 aliphatic rings. The van der Waals surface area contributed by atoms with E-state index in [1.54, 1.807) is 17.0 Å². The molecule has 1 aromatic heterocycles. The van der Waals surface area contributed by atoms with Crippen LogP contribution in [-0.2, 0) is 27.5 Å². The fourth-order valence-corrected chi connectivity index (χ4v) is 3.65. The van der Waals surface area contributed by atoms with Crippen molar-refractivity contribution in [3.63, 3.8) is 0 Å². The van der Waals surface area contributed by atoms with E-state index >= 15 is 0 Å². The van der Waals surface area contributed by atoms with Crippen molar-refractivity contribution in [2.24, 2.45) is 4.99 Å². The molecule has 0 unspecified atom stereocenters. The van der Waals surface area contributed by atoms with Crippen LogP contribution in [0.25, 0.3) is 0 Å². The summed E-state index contributed by atoms with van der Waals surface area (Å²) in [4.78, 5) is 46.6. The number of rotatable bonds is 12. The van der Waals surface area contributed by atoms with E-state index in [1.807, 2.05) is 0 Å². The van der Waals surface area contributed by atoms with Gasteiger partial charge in [0.25, 0.3) is 0 Å². The van der Waals surface area contributed by atoms with E-state index in [2.05, 4.69) is 32.7 Å². The number of hydrogen-bond donors (Lipinski definition) is 3. The minimum absolute atomic E-state index is 0.109. The van der Waals surface area contributed by atoms with E-state index < -0.39 is 11.9 Å². The molecule has 0 radical (unpaired) electrons. The second-order valence-corrected chi connectivity index (χ2v) is 8.16. The number of carbonyl (C=O) groups is 3. The highest BCUT2D eigenvalue weighted by molar-refractivity contribution is 7.78. The Balaban J connectivity index is 2.14. The van der Waals surface area contributed by atoms with Crippen LogP contribution in [0, 0.1) is 0 Å². The molecule has 1 amide bonds. The minimum atomic E-state index is -1.05. The SMILES string of the molecule is O=C(O)CN1CCNC(=O)CN(CC(=O)O)Cc2nc(ccc2OCCCCCCN=C=S)C1. The number of carboxylic acid groups (broad SMARTS) is 2.